The van der Waals surface area contributed by atoms with Crippen LogP contribution in [0.2, 0.25) is 0 Å². The minimum Gasteiger partial charge on any atom is -0.277 e. The Labute approximate surface area is 80.5 Å². The van der Waals surface area contributed by atoms with E-state index < -0.39 is 0 Å². The predicted octanol–water partition coefficient (Wildman–Crippen LogP) is 2.52. The summed E-state index contributed by atoms with van der Waals surface area (Å²) in [5, 5.41) is 0. The molecule has 0 heterocycles. The number of nitrogens with zero attached hydrogens (tertiary/aromatic N) is 1. The lowest BCUT2D eigenvalue weighted by atomic mass is 10.1. The normalized spacial score (nSPS) is 9.50. The molecule has 12 heavy (non-hydrogen) atoms. The van der Waals surface area contributed by atoms with Crippen molar-refractivity contribution < 1.29 is 4.79 Å². The number of anilines is 1. The maximum Gasteiger partial charge on any atom is 0.224 e. The van der Waals surface area contributed by atoms with Crippen LogP contribution >= 0.6 is 16.1 Å². The fourth-order valence-corrected chi connectivity index (χ4v) is 1.19. The van der Waals surface area contributed by atoms with E-state index in [0.717, 1.165) is 18.5 Å². The van der Waals surface area contributed by atoms with Crippen molar-refractivity contribution in [3.05, 3.63) is 29.8 Å². The molecule has 0 aromatic heterocycles. The van der Waals surface area contributed by atoms with Crippen molar-refractivity contribution in [3.8, 4) is 0 Å². The lowest BCUT2D eigenvalue weighted by Crippen LogP contribution is -2.04. The highest BCUT2D eigenvalue weighted by atomic mass is 79.9. The largest absolute Gasteiger partial charge is 0.277 e. The summed E-state index contributed by atoms with van der Waals surface area (Å²) in [6, 6.07) is 7.83. The topological polar surface area (TPSA) is 20.3 Å². The van der Waals surface area contributed by atoms with Gasteiger partial charge in [0, 0.05) is 0 Å². The van der Waals surface area contributed by atoms with Crippen LogP contribution in [0.15, 0.2) is 24.3 Å². The molecule has 1 amide bonds. The number of rotatable bonds is 3. The highest BCUT2D eigenvalue weighted by Gasteiger charge is 1.99. The van der Waals surface area contributed by atoms with Gasteiger partial charge in [0.25, 0.3) is 0 Å². The second kappa shape index (κ2) is 4.26. The van der Waals surface area contributed by atoms with Crippen LogP contribution < -0.4 is 3.93 Å². The molecular formula is C9H10BrNO. The molecule has 0 atom stereocenters. The third-order valence-corrected chi connectivity index (χ3v) is 2.23. The van der Waals surface area contributed by atoms with Crippen molar-refractivity contribution in [3.63, 3.8) is 0 Å². The van der Waals surface area contributed by atoms with Gasteiger partial charge in [-0.25, -0.2) is 3.93 Å². The number of hydrogen-bond acceptors (Lipinski definition) is 1. The van der Waals surface area contributed by atoms with Gasteiger partial charge in [0.05, 0.1) is 21.8 Å². The molecule has 0 saturated heterocycles. The van der Waals surface area contributed by atoms with E-state index in [9.17, 15) is 4.79 Å². The lowest BCUT2D eigenvalue weighted by Gasteiger charge is -2.08. The van der Waals surface area contributed by atoms with Crippen LogP contribution in [-0.2, 0) is 11.2 Å². The van der Waals surface area contributed by atoms with Crippen LogP contribution in [0.1, 0.15) is 12.5 Å². The minimum atomic E-state index is 0.731. The Hall–Kier alpha value is -0.830. The van der Waals surface area contributed by atoms with Gasteiger partial charge in [-0.15, -0.1) is 0 Å². The molecule has 2 nitrogen and oxygen atoms in total. The molecule has 0 aliphatic rings. The molecule has 1 aromatic carbocycles. The smallest absolute Gasteiger partial charge is 0.224 e. The molecule has 64 valence electrons. The standard InChI is InChI=1S/C9H10BrNO/c1-2-8-4-3-5-9(6-8)11(10)7-12/h3-7H,2H2,1H3. The van der Waals surface area contributed by atoms with E-state index in [1.54, 1.807) is 0 Å². The fraction of sp³-hybridized carbons (Fsp3) is 0.222. The van der Waals surface area contributed by atoms with Crippen LogP contribution in [0.4, 0.5) is 5.69 Å². The van der Waals surface area contributed by atoms with Crippen LogP contribution in [-0.4, -0.2) is 6.41 Å². The van der Waals surface area contributed by atoms with Gasteiger partial charge in [0.1, 0.15) is 0 Å². The van der Waals surface area contributed by atoms with Gasteiger partial charge in [-0.1, -0.05) is 19.1 Å². The lowest BCUT2D eigenvalue weighted by molar-refractivity contribution is -0.106. The Kier molecular flexibility index (Phi) is 3.29. The van der Waals surface area contributed by atoms with Gasteiger partial charge >= 0.3 is 0 Å². The second-order valence-electron chi connectivity index (χ2n) is 2.44. The third kappa shape index (κ3) is 2.08. The van der Waals surface area contributed by atoms with Crippen molar-refractivity contribution in [1.29, 1.82) is 0 Å². The van der Waals surface area contributed by atoms with Gasteiger partial charge < -0.3 is 0 Å². The van der Waals surface area contributed by atoms with Crippen molar-refractivity contribution >= 4 is 28.2 Å². The van der Waals surface area contributed by atoms with E-state index in [0.29, 0.717) is 0 Å². The summed E-state index contributed by atoms with van der Waals surface area (Å²) in [4.78, 5) is 10.4. The van der Waals surface area contributed by atoms with E-state index in [1.165, 1.54) is 9.49 Å². The first-order chi connectivity index (χ1) is 5.77. The molecular weight excluding hydrogens is 218 g/mol. The van der Waals surface area contributed by atoms with Gasteiger partial charge in [0.2, 0.25) is 6.41 Å². The fourth-order valence-electron chi connectivity index (χ4n) is 0.970. The van der Waals surface area contributed by atoms with Crippen LogP contribution in [0.25, 0.3) is 0 Å². The summed E-state index contributed by atoms with van der Waals surface area (Å²) in [6.07, 6.45) is 1.71. The van der Waals surface area contributed by atoms with Gasteiger partial charge in [-0.05, 0) is 24.1 Å². The summed E-state index contributed by atoms with van der Waals surface area (Å²) in [5.41, 5.74) is 2.09. The highest BCUT2D eigenvalue weighted by molar-refractivity contribution is 9.10. The zero-order valence-electron chi connectivity index (χ0n) is 6.83. The molecule has 0 fully saturated rings. The van der Waals surface area contributed by atoms with Crippen LogP contribution in [0, 0.1) is 0 Å². The van der Waals surface area contributed by atoms with Gasteiger partial charge in [0.15, 0.2) is 0 Å². The maximum atomic E-state index is 10.4. The number of amides is 1. The summed E-state index contributed by atoms with van der Waals surface area (Å²) in [7, 11) is 0. The van der Waals surface area contributed by atoms with Gasteiger partial charge in [-0.3, -0.25) is 4.79 Å². The number of hydrogen-bond donors (Lipinski definition) is 0. The van der Waals surface area contributed by atoms with Crippen molar-refractivity contribution in [1.82, 2.24) is 0 Å². The first-order valence-corrected chi connectivity index (χ1v) is 4.48. The van der Waals surface area contributed by atoms with E-state index in [2.05, 4.69) is 23.1 Å². The molecule has 1 aromatic rings. The molecule has 3 heteroatoms. The zero-order chi connectivity index (χ0) is 8.97. The average molecular weight is 228 g/mol. The summed E-state index contributed by atoms with van der Waals surface area (Å²) in [6.45, 7) is 2.08. The van der Waals surface area contributed by atoms with Gasteiger partial charge in [-0.2, -0.15) is 0 Å². The van der Waals surface area contributed by atoms with Crippen molar-refractivity contribution in [2.75, 3.05) is 3.93 Å². The van der Waals surface area contributed by atoms with E-state index in [1.807, 2.05) is 24.3 Å². The monoisotopic (exact) mass is 227 g/mol. The Balaban J connectivity index is 2.93. The molecule has 0 spiro atoms. The Morgan fingerprint density at radius 1 is 1.58 bits per heavy atom. The second-order valence-corrected chi connectivity index (χ2v) is 3.20. The maximum absolute atomic E-state index is 10.4. The molecule has 0 aliphatic heterocycles. The summed E-state index contributed by atoms with van der Waals surface area (Å²) >= 11 is 3.11. The van der Waals surface area contributed by atoms with Crippen LogP contribution in [0.5, 0.6) is 0 Å². The summed E-state index contributed by atoms with van der Waals surface area (Å²) < 4.78 is 1.38. The minimum absolute atomic E-state index is 0.731. The zero-order valence-corrected chi connectivity index (χ0v) is 8.41. The van der Waals surface area contributed by atoms with E-state index in [4.69, 9.17) is 0 Å². The summed E-state index contributed by atoms with van der Waals surface area (Å²) in [5.74, 6) is 0. The number of carbonyl (C=O) groups is 1. The van der Waals surface area contributed by atoms with E-state index >= 15 is 0 Å². The average Bonchev–Trinajstić information content (AvgIpc) is 2.17. The molecule has 0 bridgehead atoms. The van der Waals surface area contributed by atoms with E-state index in [-0.39, 0.29) is 0 Å². The molecule has 0 unspecified atom stereocenters. The van der Waals surface area contributed by atoms with Crippen molar-refractivity contribution in [2.45, 2.75) is 13.3 Å². The third-order valence-electron chi connectivity index (χ3n) is 1.66. The van der Waals surface area contributed by atoms with Crippen molar-refractivity contribution in [2.24, 2.45) is 0 Å². The molecule has 1 rings (SSSR count). The first-order valence-electron chi connectivity index (χ1n) is 3.77. The number of halogens is 1. The predicted molar refractivity (Wildman–Crippen MR) is 53.3 cm³/mol. The number of carbonyl (C=O) groups excluding carboxylic acids is 1. The number of aryl methyl sites for hydroxylation is 1. The Morgan fingerprint density at radius 2 is 2.33 bits per heavy atom. The number of benzene rings is 1. The molecule has 0 saturated carbocycles. The Bertz CT molecular complexity index is 275. The quantitative estimate of drug-likeness (QED) is 0.575. The van der Waals surface area contributed by atoms with Crippen LogP contribution in [0.3, 0.4) is 0 Å². The Morgan fingerprint density at radius 3 is 2.92 bits per heavy atom. The molecule has 0 aliphatic carbocycles. The first kappa shape index (κ1) is 9.26. The molecule has 0 radical (unpaired) electrons. The SMILES string of the molecule is CCc1cccc(N(Br)C=O)c1. The molecule has 0 N–H and O–H groups in total. The highest BCUT2D eigenvalue weighted by Crippen LogP contribution is 2.17.